The first kappa shape index (κ1) is 9.36. The standard InChI is InChI=1S/C8H14O5/c1-10-8(11-2)7-6-5(13-6)4(3-9)12-7/h4-9H,3H2,1-2H3/t4-,5+,6+,7+/m0/s1. The summed E-state index contributed by atoms with van der Waals surface area (Å²) < 4.78 is 20.9. The third-order valence-corrected chi connectivity index (χ3v) is 2.50. The van der Waals surface area contributed by atoms with Crippen molar-refractivity contribution in [2.24, 2.45) is 0 Å². The summed E-state index contributed by atoms with van der Waals surface area (Å²) in [4.78, 5) is 0. The summed E-state index contributed by atoms with van der Waals surface area (Å²) in [5.41, 5.74) is 0. The van der Waals surface area contributed by atoms with Gasteiger partial charge in [0.25, 0.3) is 0 Å². The first-order valence-corrected chi connectivity index (χ1v) is 4.29. The van der Waals surface area contributed by atoms with Crippen molar-refractivity contribution in [2.75, 3.05) is 20.8 Å². The molecule has 0 bridgehead atoms. The molecule has 2 aliphatic heterocycles. The quantitative estimate of drug-likeness (QED) is 0.461. The number of ether oxygens (including phenoxy) is 4. The minimum Gasteiger partial charge on any atom is -0.394 e. The van der Waals surface area contributed by atoms with Gasteiger partial charge in [0.05, 0.1) is 6.61 Å². The number of epoxide rings is 1. The molecule has 5 nitrogen and oxygen atoms in total. The summed E-state index contributed by atoms with van der Waals surface area (Å²) in [6.45, 7) is -0.0161. The van der Waals surface area contributed by atoms with E-state index in [1.54, 1.807) is 14.2 Å². The lowest BCUT2D eigenvalue weighted by atomic mass is 10.2. The lowest BCUT2D eigenvalue weighted by Gasteiger charge is -2.22. The second-order valence-corrected chi connectivity index (χ2v) is 3.23. The summed E-state index contributed by atoms with van der Waals surface area (Å²) in [5, 5.41) is 8.92. The molecule has 2 heterocycles. The average molecular weight is 190 g/mol. The van der Waals surface area contributed by atoms with Gasteiger partial charge >= 0.3 is 0 Å². The summed E-state index contributed by atoms with van der Waals surface area (Å²) in [6, 6.07) is 0. The van der Waals surface area contributed by atoms with E-state index < -0.39 is 6.29 Å². The van der Waals surface area contributed by atoms with Crippen molar-refractivity contribution in [2.45, 2.75) is 30.7 Å². The van der Waals surface area contributed by atoms with Crippen LogP contribution in [0, 0.1) is 0 Å². The van der Waals surface area contributed by atoms with Gasteiger partial charge in [-0.15, -0.1) is 0 Å². The molecule has 0 spiro atoms. The Morgan fingerprint density at radius 1 is 1.23 bits per heavy atom. The molecule has 0 radical (unpaired) electrons. The maximum Gasteiger partial charge on any atom is 0.185 e. The second kappa shape index (κ2) is 3.51. The maximum atomic E-state index is 8.92. The number of rotatable bonds is 4. The SMILES string of the molecule is COC(OC)[C@@H]1O[C@@H](CO)[C@H]2O[C@H]21. The van der Waals surface area contributed by atoms with Crippen LogP contribution in [0.2, 0.25) is 0 Å². The number of methoxy groups -OCH3 is 2. The van der Waals surface area contributed by atoms with Crippen LogP contribution < -0.4 is 0 Å². The number of hydrogen-bond acceptors (Lipinski definition) is 5. The van der Waals surface area contributed by atoms with Crippen molar-refractivity contribution in [1.82, 2.24) is 0 Å². The van der Waals surface area contributed by atoms with Gasteiger partial charge < -0.3 is 24.1 Å². The van der Waals surface area contributed by atoms with Gasteiger partial charge in [-0.25, -0.2) is 0 Å². The van der Waals surface area contributed by atoms with E-state index in [0.29, 0.717) is 0 Å². The van der Waals surface area contributed by atoms with Gasteiger partial charge in [0.1, 0.15) is 24.4 Å². The predicted octanol–water partition coefficient (Wildman–Crippen LogP) is -0.868. The zero-order chi connectivity index (χ0) is 9.42. The lowest BCUT2D eigenvalue weighted by molar-refractivity contribution is -0.198. The molecule has 2 fully saturated rings. The molecule has 0 aromatic carbocycles. The van der Waals surface area contributed by atoms with E-state index in [9.17, 15) is 0 Å². The molecular weight excluding hydrogens is 176 g/mol. The highest BCUT2D eigenvalue weighted by atomic mass is 16.7. The Morgan fingerprint density at radius 3 is 2.38 bits per heavy atom. The first-order valence-electron chi connectivity index (χ1n) is 4.29. The van der Waals surface area contributed by atoms with Crippen molar-refractivity contribution in [3.8, 4) is 0 Å². The van der Waals surface area contributed by atoms with Gasteiger partial charge in [0, 0.05) is 14.2 Å². The van der Waals surface area contributed by atoms with Crippen LogP contribution in [0.4, 0.5) is 0 Å². The zero-order valence-corrected chi connectivity index (χ0v) is 7.67. The average Bonchev–Trinajstić information content (AvgIpc) is 2.86. The van der Waals surface area contributed by atoms with Gasteiger partial charge in [-0.2, -0.15) is 0 Å². The summed E-state index contributed by atoms with van der Waals surface area (Å²) >= 11 is 0. The van der Waals surface area contributed by atoms with Gasteiger partial charge in [-0.1, -0.05) is 0 Å². The molecule has 76 valence electrons. The third-order valence-electron chi connectivity index (χ3n) is 2.50. The van der Waals surface area contributed by atoms with Crippen LogP contribution in [0.25, 0.3) is 0 Å². The summed E-state index contributed by atoms with van der Waals surface area (Å²) in [5.74, 6) is 0. The third kappa shape index (κ3) is 1.47. The first-order chi connectivity index (χ1) is 6.31. The monoisotopic (exact) mass is 190 g/mol. The fourth-order valence-corrected chi connectivity index (χ4v) is 1.79. The van der Waals surface area contributed by atoms with Crippen LogP contribution in [0.15, 0.2) is 0 Å². The molecule has 0 aromatic rings. The number of aliphatic hydroxyl groups excluding tert-OH is 1. The molecule has 2 aliphatic rings. The Kier molecular flexibility index (Phi) is 2.53. The maximum absolute atomic E-state index is 8.92. The topological polar surface area (TPSA) is 60.5 Å². The van der Waals surface area contributed by atoms with Crippen molar-refractivity contribution in [3.05, 3.63) is 0 Å². The number of aliphatic hydroxyl groups is 1. The molecule has 4 atom stereocenters. The van der Waals surface area contributed by atoms with E-state index in [-0.39, 0.29) is 31.0 Å². The van der Waals surface area contributed by atoms with Crippen molar-refractivity contribution < 1.29 is 24.1 Å². The molecule has 2 rings (SSSR count). The fourth-order valence-electron chi connectivity index (χ4n) is 1.79. The molecule has 0 amide bonds. The van der Waals surface area contributed by atoms with Crippen LogP contribution in [-0.4, -0.2) is 56.6 Å². The summed E-state index contributed by atoms with van der Waals surface area (Å²) in [6.07, 6.45) is -0.781. The molecule has 0 aromatic heterocycles. The Morgan fingerprint density at radius 2 is 1.92 bits per heavy atom. The minimum absolute atomic E-state index is 0.0161. The van der Waals surface area contributed by atoms with E-state index in [2.05, 4.69) is 0 Å². The highest BCUT2D eigenvalue weighted by molar-refractivity contribution is 5.04. The highest BCUT2D eigenvalue weighted by Crippen LogP contribution is 2.40. The number of hydrogen-bond donors (Lipinski definition) is 1. The van der Waals surface area contributed by atoms with Gasteiger partial charge in [-0.05, 0) is 0 Å². The van der Waals surface area contributed by atoms with Crippen molar-refractivity contribution >= 4 is 0 Å². The molecular formula is C8H14O5. The van der Waals surface area contributed by atoms with Crippen LogP contribution >= 0.6 is 0 Å². The molecule has 5 heteroatoms. The zero-order valence-electron chi connectivity index (χ0n) is 7.67. The predicted molar refractivity (Wildman–Crippen MR) is 42.2 cm³/mol. The Bertz CT molecular complexity index is 181. The van der Waals surface area contributed by atoms with Crippen LogP contribution in [0.3, 0.4) is 0 Å². The van der Waals surface area contributed by atoms with E-state index >= 15 is 0 Å². The lowest BCUT2D eigenvalue weighted by Crippen LogP contribution is -2.35. The molecule has 0 aliphatic carbocycles. The van der Waals surface area contributed by atoms with Crippen molar-refractivity contribution in [3.63, 3.8) is 0 Å². The fraction of sp³-hybridized carbons (Fsp3) is 1.00. The molecule has 0 unspecified atom stereocenters. The van der Waals surface area contributed by atoms with E-state index in [4.69, 9.17) is 24.1 Å². The van der Waals surface area contributed by atoms with Gasteiger partial charge in [0.15, 0.2) is 6.29 Å². The molecule has 0 saturated carbocycles. The normalized spacial score (nSPS) is 42.5. The van der Waals surface area contributed by atoms with E-state index in [1.165, 1.54) is 0 Å². The molecule has 2 saturated heterocycles. The van der Waals surface area contributed by atoms with Crippen molar-refractivity contribution in [1.29, 1.82) is 0 Å². The van der Waals surface area contributed by atoms with Crippen LogP contribution in [0.5, 0.6) is 0 Å². The van der Waals surface area contributed by atoms with Gasteiger partial charge in [0.2, 0.25) is 0 Å². The molecule has 1 N–H and O–H groups in total. The Hall–Kier alpha value is -0.200. The Balaban J connectivity index is 1.95. The van der Waals surface area contributed by atoms with Crippen LogP contribution in [-0.2, 0) is 18.9 Å². The largest absolute Gasteiger partial charge is 0.394 e. The Labute approximate surface area is 76.5 Å². The second-order valence-electron chi connectivity index (χ2n) is 3.23. The van der Waals surface area contributed by atoms with E-state index in [1.807, 2.05) is 0 Å². The van der Waals surface area contributed by atoms with E-state index in [0.717, 1.165) is 0 Å². The smallest absolute Gasteiger partial charge is 0.185 e. The van der Waals surface area contributed by atoms with Gasteiger partial charge in [-0.3, -0.25) is 0 Å². The summed E-state index contributed by atoms with van der Waals surface area (Å²) in [7, 11) is 3.11. The molecule has 13 heavy (non-hydrogen) atoms. The highest BCUT2D eigenvalue weighted by Gasteiger charge is 2.60. The minimum atomic E-state index is -0.411. The number of fused-ring (bicyclic) bond motifs is 1. The van der Waals surface area contributed by atoms with Crippen LogP contribution in [0.1, 0.15) is 0 Å².